The van der Waals surface area contributed by atoms with E-state index in [4.69, 9.17) is 0 Å². The highest BCUT2D eigenvalue weighted by Gasteiger charge is 2.09. The summed E-state index contributed by atoms with van der Waals surface area (Å²) in [5.41, 5.74) is 9.41. The number of allylic oxidation sites excluding steroid dienone is 1. The Kier molecular flexibility index (Phi) is 4.64. The zero-order chi connectivity index (χ0) is 17.4. The SMILES string of the molecule is CC(=Cc1ccc(Br)cc1)c1ccc2c(C)c(C)c(C)c(C)c2c1. The second-order valence-corrected chi connectivity index (χ2v) is 7.55. The number of hydrogen-bond donors (Lipinski definition) is 0. The number of aryl methyl sites for hydroxylation is 2. The molecule has 24 heavy (non-hydrogen) atoms. The lowest BCUT2D eigenvalue weighted by molar-refractivity contribution is 1.25. The molecule has 0 nitrogen and oxygen atoms in total. The molecule has 0 aliphatic rings. The Morgan fingerprint density at radius 2 is 1.33 bits per heavy atom. The number of benzene rings is 3. The molecule has 0 heterocycles. The van der Waals surface area contributed by atoms with E-state index < -0.39 is 0 Å². The summed E-state index contributed by atoms with van der Waals surface area (Å²) < 4.78 is 1.11. The maximum atomic E-state index is 3.49. The van der Waals surface area contributed by atoms with Crippen molar-refractivity contribution in [1.82, 2.24) is 0 Å². The molecule has 0 amide bonds. The highest BCUT2D eigenvalue weighted by Crippen LogP contribution is 2.31. The molecule has 0 unspecified atom stereocenters. The average Bonchev–Trinajstić information content (AvgIpc) is 2.59. The normalized spacial score (nSPS) is 12.0. The Labute approximate surface area is 153 Å². The molecule has 0 saturated carbocycles. The Morgan fingerprint density at radius 3 is 1.96 bits per heavy atom. The van der Waals surface area contributed by atoms with Gasteiger partial charge >= 0.3 is 0 Å². The van der Waals surface area contributed by atoms with Crippen molar-refractivity contribution in [2.24, 2.45) is 0 Å². The quantitative estimate of drug-likeness (QED) is 0.407. The zero-order valence-corrected chi connectivity index (χ0v) is 16.6. The maximum Gasteiger partial charge on any atom is 0.0175 e. The van der Waals surface area contributed by atoms with Gasteiger partial charge in [0.2, 0.25) is 0 Å². The maximum absolute atomic E-state index is 3.49. The first-order valence-corrected chi connectivity index (χ1v) is 9.12. The molecular weight excluding hydrogens is 356 g/mol. The van der Waals surface area contributed by atoms with Crippen LogP contribution in [0.3, 0.4) is 0 Å². The molecule has 0 N–H and O–H groups in total. The highest BCUT2D eigenvalue weighted by molar-refractivity contribution is 9.10. The molecule has 0 aliphatic carbocycles. The van der Waals surface area contributed by atoms with Crippen molar-refractivity contribution >= 4 is 38.4 Å². The molecule has 0 radical (unpaired) electrons. The van der Waals surface area contributed by atoms with E-state index in [1.807, 2.05) is 0 Å². The number of hydrogen-bond acceptors (Lipinski definition) is 0. The average molecular weight is 379 g/mol. The van der Waals surface area contributed by atoms with Crippen LogP contribution in [0.25, 0.3) is 22.4 Å². The van der Waals surface area contributed by atoms with Gasteiger partial charge in [-0.3, -0.25) is 0 Å². The topological polar surface area (TPSA) is 0 Å². The van der Waals surface area contributed by atoms with E-state index in [0.717, 1.165) is 4.47 Å². The summed E-state index contributed by atoms with van der Waals surface area (Å²) in [7, 11) is 0. The minimum absolute atomic E-state index is 1.11. The lowest BCUT2D eigenvalue weighted by atomic mass is 9.90. The molecular formula is C23H23Br. The third-order valence-electron chi connectivity index (χ3n) is 5.22. The smallest absolute Gasteiger partial charge is 0.0175 e. The first-order chi connectivity index (χ1) is 11.4. The van der Waals surface area contributed by atoms with Crippen molar-refractivity contribution in [3.05, 3.63) is 80.3 Å². The van der Waals surface area contributed by atoms with Gasteiger partial charge in [0.05, 0.1) is 0 Å². The number of halogens is 1. The van der Waals surface area contributed by atoms with Crippen LogP contribution in [0.4, 0.5) is 0 Å². The van der Waals surface area contributed by atoms with Gasteiger partial charge in [-0.05, 0) is 103 Å². The van der Waals surface area contributed by atoms with Gasteiger partial charge in [0.25, 0.3) is 0 Å². The molecule has 3 aromatic carbocycles. The van der Waals surface area contributed by atoms with Crippen LogP contribution in [0.1, 0.15) is 40.3 Å². The summed E-state index contributed by atoms with van der Waals surface area (Å²) in [6, 6.07) is 15.3. The van der Waals surface area contributed by atoms with Crippen LogP contribution >= 0.6 is 15.9 Å². The van der Waals surface area contributed by atoms with Gasteiger partial charge in [-0.15, -0.1) is 0 Å². The molecule has 3 aromatic rings. The predicted octanol–water partition coefficient (Wildman–Crippen LogP) is 7.40. The van der Waals surface area contributed by atoms with E-state index >= 15 is 0 Å². The van der Waals surface area contributed by atoms with Crippen LogP contribution in [0.5, 0.6) is 0 Å². The zero-order valence-electron chi connectivity index (χ0n) is 15.0. The number of rotatable bonds is 2. The molecule has 0 spiro atoms. The van der Waals surface area contributed by atoms with Crippen LogP contribution in [0, 0.1) is 27.7 Å². The minimum atomic E-state index is 1.11. The van der Waals surface area contributed by atoms with Gasteiger partial charge in [-0.1, -0.05) is 46.3 Å². The fourth-order valence-corrected chi connectivity index (χ4v) is 3.55. The fourth-order valence-electron chi connectivity index (χ4n) is 3.29. The van der Waals surface area contributed by atoms with Crippen molar-refractivity contribution in [2.75, 3.05) is 0 Å². The molecule has 3 rings (SSSR count). The van der Waals surface area contributed by atoms with E-state index in [0.29, 0.717) is 0 Å². The summed E-state index contributed by atoms with van der Waals surface area (Å²) >= 11 is 3.49. The Morgan fingerprint density at radius 1 is 0.750 bits per heavy atom. The predicted molar refractivity (Wildman–Crippen MR) is 111 cm³/mol. The third kappa shape index (κ3) is 3.06. The summed E-state index contributed by atoms with van der Waals surface area (Å²) in [4.78, 5) is 0. The second kappa shape index (κ2) is 6.57. The highest BCUT2D eigenvalue weighted by atomic mass is 79.9. The first kappa shape index (κ1) is 17.0. The molecule has 1 heteroatoms. The molecule has 0 bridgehead atoms. The van der Waals surface area contributed by atoms with Gasteiger partial charge < -0.3 is 0 Å². The van der Waals surface area contributed by atoms with E-state index in [2.05, 4.69) is 99.1 Å². The van der Waals surface area contributed by atoms with Gasteiger partial charge in [0.1, 0.15) is 0 Å². The summed E-state index contributed by atoms with van der Waals surface area (Å²) in [6.07, 6.45) is 2.25. The monoisotopic (exact) mass is 378 g/mol. The van der Waals surface area contributed by atoms with E-state index in [-0.39, 0.29) is 0 Å². The van der Waals surface area contributed by atoms with Crippen LogP contribution in [-0.2, 0) is 0 Å². The Balaban J connectivity index is 2.12. The largest absolute Gasteiger partial charge is 0.0541 e. The minimum Gasteiger partial charge on any atom is -0.0541 e. The van der Waals surface area contributed by atoms with Gasteiger partial charge in [0.15, 0.2) is 0 Å². The van der Waals surface area contributed by atoms with Crippen molar-refractivity contribution < 1.29 is 0 Å². The lowest BCUT2D eigenvalue weighted by Gasteiger charge is -2.15. The molecule has 0 fully saturated rings. The summed E-state index contributed by atoms with van der Waals surface area (Å²) in [6.45, 7) is 11.1. The van der Waals surface area contributed by atoms with Gasteiger partial charge in [-0.25, -0.2) is 0 Å². The van der Waals surface area contributed by atoms with Crippen molar-refractivity contribution in [1.29, 1.82) is 0 Å². The standard InChI is InChI=1S/C23H23Br/c1-14(12-19-6-9-21(24)10-7-19)20-8-11-22-17(4)15(2)16(3)18(5)23(22)13-20/h6-13H,1-5H3. The van der Waals surface area contributed by atoms with Crippen LogP contribution in [0.2, 0.25) is 0 Å². The van der Waals surface area contributed by atoms with Crippen LogP contribution in [-0.4, -0.2) is 0 Å². The molecule has 0 atom stereocenters. The molecule has 0 saturated heterocycles. The van der Waals surface area contributed by atoms with E-state index in [1.54, 1.807) is 0 Å². The summed E-state index contributed by atoms with van der Waals surface area (Å²) in [5.74, 6) is 0. The van der Waals surface area contributed by atoms with Crippen molar-refractivity contribution in [3.63, 3.8) is 0 Å². The van der Waals surface area contributed by atoms with Crippen LogP contribution < -0.4 is 0 Å². The van der Waals surface area contributed by atoms with E-state index in [1.165, 1.54) is 49.7 Å². The lowest BCUT2D eigenvalue weighted by Crippen LogP contribution is -1.94. The Hall–Kier alpha value is -1.86. The van der Waals surface area contributed by atoms with Crippen molar-refractivity contribution in [3.8, 4) is 0 Å². The first-order valence-electron chi connectivity index (χ1n) is 8.33. The van der Waals surface area contributed by atoms with E-state index in [9.17, 15) is 0 Å². The number of fused-ring (bicyclic) bond motifs is 1. The molecule has 0 aromatic heterocycles. The summed E-state index contributed by atoms with van der Waals surface area (Å²) in [5, 5.41) is 2.74. The van der Waals surface area contributed by atoms with Gasteiger partial charge in [0, 0.05) is 4.47 Å². The third-order valence-corrected chi connectivity index (χ3v) is 5.75. The Bertz CT molecular complexity index is 944. The molecule has 122 valence electrons. The second-order valence-electron chi connectivity index (χ2n) is 6.64. The van der Waals surface area contributed by atoms with Gasteiger partial charge in [-0.2, -0.15) is 0 Å². The van der Waals surface area contributed by atoms with Crippen molar-refractivity contribution in [2.45, 2.75) is 34.6 Å². The van der Waals surface area contributed by atoms with Crippen LogP contribution in [0.15, 0.2) is 46.9 Å². The fraction of sp³-hybridized carbons (Fsp3) is 0.217. The molecule has 0 aliphatic heterocycles.